The van der Waals surface area contributed by atoms with Crippen molar-refractivity contribution in [1.82, 2.24) is 9.47 Å². The van der Waals surface area contributed by atoms with Gasteiger partial charge in [-0.05, 0) is 25.0 Å². The van der Waals surface area contributed by atoms with Crippen LogP contribution in [0.4, 0.5) is 4.79 Å². The van der Waals surface area contributed by atoms with Crippen molar-refractivity contribution in [2.75, 3.05) is 33.1 Å². The van der Waals surface area contributed by atoms with Crippen LogP contribution in [0, 0.1) is 0 Å². The highest BCUT2D eigenvalue weighted by atomic mass is 79.9. The van der Waals surface area contributed by atoms with Gasteiger partial charge in [-0.25, -0.2) is 9.59 Å². The molecular weight excluding hydrogens is 544 g/mol. The molecule has 10 heteroatoms. The maximum absolute atomic E-state index is 12.9. The molecule has 0 saturated carbocycles. The van der Waals surface area contributed by atoms with E-state index in [2.05, 4.69) is 15.9 Å². The number of unbranched alkanes of at least 4 members (excludes halogenated alkanes) is 4. The molecule has 0 saturated heterocycles. The Morgan fingerprint density at radius 3 is 2.35 bits per heavy atom. The van der Waals surface area contributed by atoms with Gasteiger partial charge in [0, 0.05) is 55.3 Å². The average Bonchev–Trinajstić information content (AvgIpc) is 2.87. The first-order valence-corrected chi connectivity index (χ1v) is 13.1. The lowest BCUT2D eigenvalue weighted by atomic mass is 10.1. The molecule has 0 aliphatic carbocycles. The summed E-state index contributed by atoms with van der Waals surface area (Å²) in [6, 6.07) is 9.71. The van der Waals surface area contributed by atoms with Gasteiger partial charge in [-0.15, -0.1) is 0 Å². The van der Waals surface area contributed by atoms with Crippen LogP contribution in [-0.4, -0.2) is 59.8 Å². The zero-order chi connectivity index (χ0) is 26.9. The van der Waals surface area contributed by atoms with E-state index in [4.69, 9.17) is 14.2 Å². The van der Waals surface area contributed by atoms with Crippen molar-refractivity contribution in [2.45, 2.75) is 32.1 Å². The molecule has 198 valence electrons. The van der Waals surface area contributed by atoms with Crippen molar-refractivity contribution in [1.29, 1.82) is 0 Å². The van der Waals surface area contributed by atoms with Gasteiger partial charge in [0.05, 0.1) is 24.9 Å². The Morgan fingerprint density at radius 2 is 1.68 bits per heavy atom. The Labute approximate surface area is 223 Å². The van der Waals surface area contributed by atoms with Gasteiger partial charge in [0.15, 0.2) is 0 Å². The van der Waals surface area contributed by atoms with E-state index in [0.29, 0.717) is 29.3 Å². The zero-order valence-corrected chi connectivity index (χ0v) is 22.7. The number of fused-ring (bicyclic) bond motifs is 1. The van der Waals surface area contributed by atoms with E-state index in [1.165, 1.54) is 24.6 Å². The van der Waals surface area contributed by atoms with Gasteiger partial charge in [0.25, 0.3) is 0 Å². The predicted octanol–water partition coefficient (Wildman–Crippen LogP) is 5.48. The molecule has 0 radical (unpaired) electrons. The molecule has 1 aromatic heterocycles. The lowest BCUT2D eigenvalue weighted by Gasteiger charge is -2.17. The normalized spacial score (nSPS) is 10.8. The number of pyridine rings is 1. The van der Waals surface area contributed by atoms with Gasteiger partial charge in [0.2, 0.25) is 5.43 Å². The number of aromatic nitrogens is 1. The van der Waals surface area contributed by atoms with Crippen LogP contribution in [0.1, 0.15) is 42.5 Å². The Kier molecular flexibility index (Phi) is 9.96. The van der Waals surface area contributed by atoms with Gasteiger partial charge >= 0.3 is 12.1 Å². The first kappa shape index (κ1) is 28.0. The van der Waals surface area contributed by atoms with Gasteiger partial charge in [0.1, 0.15) is 22.8 Å². The number of hydrogen-bond acceptors (Lipinski definition) is 6. The summed E-state index contributed by atoms with van der Waals surface area (Å²) in [5.74, 6) is -0.200. The second-order valence-corrected chi connectivity index (χ2v) is 9.45. The molecule has 3 aromatic rings. The smallest absolute Gasteiger partial charge is 0.414 e. The molecule has 37 heavy (non-hydrogen) atoms. The van der Waals surface area contributed by atoms with E-state index in [1.54, 1.807) is 55.1 Å². The number of carboxylic acids is 1. The van der Waals surface area contributed by atoms with Crippen molar-refractivity contribution in [3.05, 3.63) is 58.4 Å². The number of benzene rings is 2. The SMILES string of the molecule is COc1cc(OC(=O)N(C)C)cc(-n2cc(C(=O)O)c(=O)c3ccc(OCCCCCCCBr)cc32)c1. The summed E-state index contributed by atoms with van der Waals surface area (Å²) < 4.78 is 18.3. The lowest BCUT2D eigenvalue weighted by molar-refractivity contribution is 0.0695. The quantitative estimate of drug-likeness (QED) is 0.225. The van der Waals surface area contributed by atoms with Gasteiger partial charge < -0.3 is 28.8 Å². The number of halogens is 1. The van der Waals surface area contributed by atoms with E-state index in [0.717, 1.165) is 31.0 Å². The number of aromatic carboxylic acids is 1. The fourth-order valence-corrected chi connectivity index (χ4v) is 4.14. The minimum atomic E-state index is -1.34. The van der Waals surface area contributed by atoms with E-state index < -0.39 is 17.5 Å². The molecule has 0 aliphatic heterocycles. The lowest BCUT2D eigenvalue weighted by Crippen LogP contribution is -2.25. The van der Waals surface area contributed by atoms with Crippen LogP contribution in [0.5, 0.6) is 17.2 Å². The van der Waals surface area contributed by atoms with Crippen LogP contribution >= 0.6 is 15.9 Å². The zero-order valence-electron chi connectivity index (χ0n) is 21.2. The molecule has 1 amide bonds. The monoisotopic (exact) mass is 574 g/mol. The minimum absolute atomic E-state index is 0.198. The molecule has 1 N–H and O–H groups in total. The highest BCUT2D eigenvalue weighted by Crippen LogP contribution is 2.29. The number of carbonyl (C=O) groups excluding carboxylic acids is 1. The maximum Gasteiger partial charge on any atom is 0.414 e. The second-order valence-electron chi connectivity index (χ2n) is 8.66. The van der Waals surface area contributed by atoms with Gasteiger partial charge in [-0.1, -0.05) is 35.2 Å². The Bertz CT molecular complexity index is 1320. The van der Waals surface area contributed by atoms with Crippen molar-refractivity contribution in [3.8, 4) is 22.9 Å². The number of carbonyl (C=O) groups is 2. The summed E-state index contributed by atoms with van der Waals surface area (Å²) in [5, 5.41) is 10.9. The van der Waals surface area contributed by atoms with Crippen LogP contribution in [0.3, 0.4) is 0 Å². The molecule has 0 unspecified atom stereocenters. The van der Waals surface area contributed by atoms with E-state index in [1.807, 2.05) is 0 Å². The van der Waals surface area contributed by atoms with Gasteiger partial charge in [-0.3, -0.25) is 4.79 Å². The van der Waals surface area contributed by atoms with Crippen molar-refractivity contribution in [3.63, 3.8) is 0 Å². The number of methoxy groups -OCH3 is 1. The summed E-state index contributed by atoms with van der Waals surface area (Å²) in [4.78, 5) is 38.2. The molecule has 0 atom stereocenters. The minimum Gasteiger partial charge on any atom is -0.497 e. The number of alkyl halides is 1. The summed E-state index contributed by atoms with van der Waals surface area (Å²) in [7, 11) is 4.58. The molecular formula is C27H31BrN2O7. The fourth-order valence-electron chi connectivity index (χ4n) is 3.74. The average molecular weight is 575 g/mol. The third-order valence-electron chi connectivity index (χ3n) is 5.70. The van der Waals surface area contributed by atoms with Crippen molar-refractivity contribution >= 4 is 38.9 Å². The summed E-state index contributed by atoms with van der Waals surface area (Å²) in [6.45, 7) is 0.529. The number of ether oxygens (including phenoxy) is 3. The number of nitrogens with zero attached hydrogens (tertiary/aromatic N) is 2. The van der Waals surface area contributed by atoms with Crippen LogP contribution in [0.25, 0.3) is 16.6 Å². The molecule has 1 heterocycles. The predicted molar refractivity (Wildman–Crippen MR) is 145 cm³/mol. The highest BCUT2D eigenvalue weighted by molar-refractivity contribution is 9.09. The Morgan fingerprint density at radius 1 is 0.973 bits per heavy atom. The van der Waals surface area contributed by atoms with Crippen molar-refractivity contribution < 1.29 is 28.9 Å². The Hall–Kier alpha value is -3.53. The third kappa shape index (κ3) is 7.25. The molecule has 9 nitrogen and oxygen atoms in total. The molecule has 2 aromatic carbocycles. The molecule has 3 rings (SSSR count). The first-order valence-electron chi connectivity index (χ1n) is 11.9. The van der Waals surface area contributed by atoms with E-state index >= 15 is 0 Å². The molecule has 0 bridgehead atoms. The number of hydrogen-bond donors (Lipinski definition) is 1. The summed E-state index contributed by atoms with van der Waals surface area (Å²) >= 11 is 3.44. The Balaban J connectivity index is 2.02. The van der Waals surface area contributed by atoms with E-state index in [-0.39, 0.29) is 16.7 Å². The van der Waals surface area contributed by atoms with Crippen molar-refractivity contribution in [2.24, 2.45) is 0 Å². The fraction of sp³-hybridized carbons (Fsp3) is 0.370. The third-order valence-corrected chi connectivity index (χ3v) is 6.26. The molecule has 0 spiro atoms. The summed E-state index contributed by atoms with van der Waals surface area (Å²) in [5.41, 5.74) is -0.0983. The van der Waals surface area contributed by atoms with Crippen LogP contribution < -0.4 is 19.6 Å². The highest BCUT2D eigenvalue weighted by Gasteiger charge is 2.18. The maximum atomic E-state index is 12.9. The number of rotatable bonds is 12. The van der Waals surface area contributed by atoms with Crippen LogP contribution in [-0.2, 0) is 0 Å². The molecule has 0 aliphatic rings. The standard InChI is InChI=1S/C27H31BrN2O7/c1-29(2)27(34)37-21-14-18(13-20(15-21)35-3)30-17-23(26(32)33)25(31)22-10-9-19(16-24(22)30)36-12-8-6-4-5-7-11-28/h9-10,13-17H,4-8,11-12H2,1-3H3,(H,32,33). The second kappa shape index (κ2) is 13.1. The number of amides is 1. The summed E-state index contributed by atoms with van der Waals surface area (Å²) in [6.07, 6.45) is 6.10. The first-order chi connectivity index (χ1) is 17.7. The topological polar surface area (TPSA) is 107 Å². The van der Waals surface area contributed by atoms with E-state index in [9.17, 15) is 19.5 Å². The van der Waals surface area contributed by atoms with Crippen LogP contribution in [0.2, 0.25) is 0 Å². The molecule has 0 fully saturated rings. The number of carboxylic acid groups (broad SMARTS) is 1. The van der Waals surface area contributed by atoms with Gasteiger partial charge in [-0.2, -0.15) is 0 Å². The largest absolute Gasteiger partial charge is 0.497 e. The van der Waals surface area contributed by atoms with Crippen LogP contribution in [0.15, 0.2) is 47.4 Å².